The first-order valence-corrected chi connectivity index (χ1v) is 27.8. The van der Waals surface area contributed by atoms with E-state index in [4.69, 9.17) is 14.2 Å². The van der Waals surface area contributed by atoms with Crippen LogP contribution >= 0.6 is 0 Å². The van der Waals surface area contributed by atoms with Crippen LogP contribution in [0.3, 0.4) is 0 Å². The van der Waals surface area contributed by atoms with Crippen molar-refractivity contribution in [2.45, 2.75) is 317 Å². The van der Waals surface area contributed by atoms with Crippen molar-refractivity contribution in [1.82, 2.24) is 0 Å². The van der Waals surface area contributed by atoms with Crippen LogP contribution in [0.25, 0.3) is 0 Å². The van der Waals surface area contributed by atoms with Crippen LogP contribution in [0.5, 0.6) is 0 Å². The van der Waals surface area contributed by atoms with Crippen LogP contribution in [0.1, 0.15) is 311 Å². The van der Waals surface area contributed by atoms with Crippen LogP contribution in [-0.2, 0) is 28.6 Å². The fourth-order valence-corrected chi connectivity index (χ4v) is 8.49. The highest BCUT2D eigenvalue weighted by Crippen LogP contribution is 2.18. The number of hydrogen-bond acceptors (Lipinski definition) is 6. The Hall–Kier alpha value is -1.59. The zero-order valence-corrected chi connectivity index (χ0v) is 42.5. The van der Waals surface area contributed by atoms with Gasteiger partial charge in [0.25, 0.3) is 0 Å². The van der Waals surface area contributed by atoms with E-state index in [0.717, 1.165) is 69.6 Å². The highest BCUT2D eigenvalue weighted by atomic mass is 16.6. The quantitative estimate of drug-likeness (QED) is 0.0344. The second kappa shape index (κ2) is 48.9. The average Bonchev–Trinajstić information content (AvgIpc) is 3.26. The number of hydrogen-bond donors (Lipinski definition) is 0. The molecule has 0 amide bonds. The van der Waals surface area contributed by atoms with Crippen LogP contribution < -0.4 is 0 Å². The number of carbonyl (C=O) groups excluding carboxylic acids is 3. The molecule has 2 atom stereocenters. The van der Waals surface area contributed by atoms with Crippen LogP contribution in [-0.4, -0.2) is 37.2 Å². The van der Waals surface area contributed by atoms with Crippen molar-refractivity contribution in [1.29, 1.82) is 0 Å². The highest BCUT2D eigenvalue weighted by molar-refractivity contribution is 5.71. The minimum atomic E-state index is -0.762. The lowest BCUT2D eigenvalue weighted by molar-refractivity contribution is -0.167. The van der Waals surface area contributed by atoms with E-state index in [2.05, 4.69) is 34.6 Å². The molecule has 0 bridgehead atoms. The average molecular weight is 877 g/mol. The zero-order chi connectivity index (χ0) is 45.4. The number of esters is 3. The van der Waals surface area contributed by atoms with Crippen LogP contribution in [0.15, 0.2) is 0 Å². The van der Waals surface area contributed by atoms with Gasteiger partial charge in [0.2, 0.25) is 0 Å². The lowest BCUT2D eigenvalue weighted by Gasteiger charge is -2.18. The van der Waals surface area contributed by atoms with Gasteiger partial charge >= 0.3 is 17.9 Å². The molecule has 0 N–H and O–H groups in total. The van der Waals surface area contributed by atoms with Crippen molar-refractivity contribution in [3.8, 4) is 0 Å². The van der Waals surface area contributed by atoms with Crippen molar-refractivity contribution in [2.75, 3.05) is 13.2 Å². The highest BCUT2D eigenvalue weighted by Gasteiger charge is 2.19. The fraction of sp³-hybridized carbons (Fsp3) is 0.946. The molecule has 368 valence electrons. The zero-order valence-electron chi connectivity index (χ0n) is 42.5. The van der Waals surface area contributed by atoms with E-state index in [0.29, 0.717) is 19.3 Å². The molecule has 0 aliphatic carbocycles. The number of unbranched alkanes of at least 4 members (excludes halogenated alkanes) is 34. The van der Waals surface area contributed by atoms with Gasteiger partial charge in [-0.3, -0.25) is 14.4 Å². The predicted molar refractivity (Wildman–Crippen MR) is 266 cm³/mol. The minimum Gasteiger partial charge on any atom is -0.462 e. The molecule has 0 radical (unpaired) electrons. The van der Waals surface area contributed by atoms with Gasteiger partial charge in [-0.25, -0.2) is 0 Å². The summed E-state index contributed by atoms with van der Waals surface area (Å²) >= 11 is 0. The summed E-state index contributed by atoms with van der Waals surface area (Å²) in [6.45, 7) is 11.4. The van der Waals surface area contributed by atoms with E-state index in [9.17, 15) is 14.4 Å². The molecule has 0 spiro atoms. The molecule has 0 saturated carbocycles. The summed E-state index contributed by atoms with van der Waals surface area (Å²) in [6, 6.07) is 0. The standard InChI is InChI=1S/C56H108O6/c1-6-8-9-10-11-12-13-14-17-21-24-27-30-36-41-46-54(57)60-49-53(50-61-55(58)47-42-37-33-32-35-40-45-52(5)7-2)62-56(59)48-43-38-31-28-25-22-19-16-15-18-20-23-26-29-34-39-44-51(3)4/h51-53H,6-50H2,1-5H3/t52?,53-/m0/s1. The lowest BCUT2D eigenvalue weighted by atomic mass is 10.00. The second-order valence-electron chi connectivity index (χ2n) is 19.9. The Morgan fingerprint density at radius 2 is 0.613 bits per heavy atom. The van der Waals surface area contributed by atoms with Gasteiger partial charge < -0.3 is 14.2 Å². The van der Waals surface area contributed by atoms with Gasteiger partial charge in [-0.1, -0.05) is 272 Å². The Morgan fingerprint density at radius 3 is 0.919 bits per heavy atom. The van der Waals surface area contributed by atoms with Crippen LogP contribution in [0, 0.1) is 11.8 Å². The van der Waals surface area contributed by atoms with Gasteiger partial charge in [-0.2, -0.15) is 0 Å². The van der Waals surface area contributed by atoms with Gasteiger partial charge in [0.1, 0.15) is 13.2 Å². The molecule has 6 nitrogen and oxygen atoms in total. The predicted octanol–water partition coefficient (Wildman–Crippen LogP) is 18.1. The van der Waals surface area contributed by atoms with Crippen LogP contribution in [0.2, 0.25) is 0 Å². The Morgan fingerprint density at radius 1 is 0.339 bits per heavy atom. The maximum absolute atomic E-state index is 12.8. The van der Waals surface area contributed by atoms with E-state index >= 15 is 0 Å². The maximum atomic E-state index is 12.8. The van der Waals surface area contributed by atoms with Gasteiger partial charge in [0, 0.05) is 19.3 Å². The van der Waals surface area contributed by atoms with Crippen molar-refractivity contribution >= 4 is 17.9 Å². The first-order chi connectivity index (χ1) is 30.3. The molecule has 0 rings (SSSR count). The normalized spacial score (nSPS) is 12.5. The molecule has 0 aromatic heterocycles. The largest absolute Gasteiger partial charge is 0.462 e. The number of ether oxygens (including phenoxy) is 3. The first kappa shape index (κ1) is 60.4. The van der Waals surface area contributed by atoms with Crippen molar-refractivity contribution in [3.63, 3.8) is 0 Å². The topological polar surface area (TPSA) is 78.9 Å². The Bertz CT molecular complexity index is 949. The van der Waals surface area contributed by atoms with Crippen molar-refractivity contribution < 1.29 is 28.6 Å². The molecule has 0 saturated heterocycles. The summed E-state index contributed by atoms with van der Waals surface area (Å²) in [5.41, 5.74) is 0. The maximum Gasteiger partial charge on any atom is 0.306 e. The lowest BCUT2D eigenvalue weighted by Crippen LogP contribution is -2.30. The minimum absolute atomic E-state index is 0.0637. The fourth-order valence-electron chi connectivity index (χ4n) is 8.49. The summed E-state index contributed by atoms with van der Waals surface area (Å²) < 4.78 is 16.8. The third-order valence-electron chi connectivity index (χ3n) is 13.1. The van der Waals surface area contributed by atoms with Gasteiger partial charge in [-0.15, -0.1) is 0 Å². The van der Waals surface area contributed by atoms with Crippen LogP contribution in [0.4, 0.5) is 0 Å². The summed E-state index contributed by atoms with van der Waals surface area (Å²) in [5.74, 6) is 0.820. The third kappa shape index (κ3) is 47.9. The number of rotatable bonds is 50. The number of carbonyl (C=O) groups is 3. The van der Waals surface area contributed by atoms with Crippen molar-refractivity contribution in [2.24, 2.45) is 11.8 Å². The van der Waals surface area contributed by atoms with Gasteiger partial charge in [0.15, 0.2) is 6.10 Å². The van der Waals surface area contributed by atoms with Gasteiger partial charge in [0.05, 0.1) is 0 Å². The molecule has 0 aromatic rings. The molecule has 0 aromatic carbocycles. The molecule has 1 unspecified atom stereocenters. The molecule has 6 heteroatoms. The summed E-state index contributed by atoms with van der Waals surface area (Å²) in [5, 5.41) is 0. The van der Waals surface area contributed by atoms with E-state index in [1.807, 2.05) is 0 Å². The van der Waals surface area contributed by atoms with Gasteiger partial charge in [-0.05, 0) is 31.1 Å². The first-order valence-electron chi connectivity index (χ1n) is 27.8. The SMILES string of the molecule is CCCCCCCCCCCCCCCCCC(=O)OC[C@@H](COC(=O)CCCCCCCCC(C)CC)OC(=O)CCCCCCCCCCCCCCCCCCC(C)C. The molecule has 0 aliphatic heterocycles. The molecule has 0 fully saturated rings. The molecular weight excluding hydrogens is 769 g/mol. The summed E-state index contributed by atoms with van der Waals surface area (Å²) in [4.78, 5) is 38.0. The monoisotopic (exact) mass is 877 g/mol. The van der Waals surface area contributed by atoms with E-state index in [-0.39, 0.29) is 31.1 Å². The molecule has 0 heterocycles. The van der Waals surface area contributed by atoms with E-state index in [1.165, 1.54) is 199 Å². The Kier molecular flexibility index (Phi) is 47.6. The van der Waals surface area contributed by atoms with E-state index < -0.39 is 6.10 Å². The van der Waals surface area contributed by atoms with Crippen molar-refractivity contribution in [3.05, 3.63) is 0 Å². The third-order valence-corrected chi connectivity index (χ3v) is 13.1. The molecular formula is C56H108O6. The molecule has 0 aliphatic rings. The summed E-state index contributed by atoms with van der Waals surface area (Å²) in [7, 11) is 0. The second-order valence-corrected chi connectivity index (χ2v) is 19.9. The summed E-state index contributed by atoms with van der Waals surface area (Å²) in [6.07, 6.45) is 50.9. The Labute approximate surface area is 387 Å². The van der Waals surface area contributed by atoms with E-state index in [1.54, 1.807) is 0 Å². The Balaban J connectivity index is 4.26. The smallest absolute Gasteiger partial charge is 0.306 e. The molecule has 62 heavy (non-hydrogen) atoms.